The fourth-order valence-electron chi connectivity index (χ4n) is 1.49. The van der Waals surface area contributed by atoms with Crippen LogP contribution in [0.15, 0.2) is 33.5 Å². The van der Waals surface area contributed by atoms with Crippen molar-refractivity contribution in [3.05, 3.63) is 44.9 Å². The largest absolute Gasteiger partial charge is 0.437 e. The smallest absolute Gasteiger partial charge is 0.254 e. The number of H-pyrrole nitrogens is 1. The van der Waals surface area contributed by atoms with Gasteiger partial charge in [0.05, 0.1) is 10.5 Å². The maximum Gasteiger partial charge on any atom is 0.254 e. The minimum absolute atomic E-state index is 0.112. The lowest BCUT2D eigenvalue weighted by Crippen LogP contribution is -2.12. The molecular formula is C13H14BrN3O2. The van der Waals surface area contributed by atoms with Gasteiger partial charge in [0.1, 0.15) is 11.6 Å². The minimum atomic E-state index is -0.242. The van der Waals surface area contributed by atoms with E-state index < -0.39 is 0 Å². The summed E-state index contributed by atoms with van der Waals surface area (Å²) in [6, 6.07) is 6.51. The second kappa shape index (κ2) is 5.44. The lowest BCUT2D eigenvalue weighted by Gasteiger charge is -2.09. The zero-order valence-corrected chi connectivity index (χ0v) is 12.2. The summed E-state index contributed by atoms with van der Waals surface area (Å²) >= 11 is 3.36. The summed E-state index contributed by atoms with van der Waals surface area (Å²) in [6.45, 7) is 3.89. The molecule has 1 aromatic heterocycles. The zero-order chi connectivity index (χ0) is 14.0. The Labute approximate surface area is 119 Å². The normalized spacial score (nSPS) is 10.7. The number of hydrogen-bond acceptors (Lipinski definition) is 4. The van der Waals surface area contributed by atoms with Crippen LogP contribution in [-0.2, 0) is 0 Å². The van der Waals surface area contributed by atoms with Crippen molar-refractivity contribution < 1.29 is 4.74 Å². The second-order valence-electron chi connectivity index (χ2n) is 4.42. The highest BCUT2D eigenvalue weighted by molar-refractivity contribution is 9.10. The van der Waals surface area contributed by atoms with Crippen molar-refractivity contribution in [2.75, 3.05) is 5.73 Å². The van der Waals surface area contributed by atoms with Gasteiger partial charge in [0, 0.05) is 17.7 Å². The molecule has 0 aliphatic rings. The third-order valence-electron chi connectivity index (χ3n) is 2.45. The Balaban J connectivity index is 2.38. The molecular weight excluding hydrogens is 310 g/mol. The van der Waals surface area contributed by atoms with Crippen LogP contribution in [0.2, 0.25) is 0 Å². The van der Waals surface area contributed by atoms with Crippen LogP contribution in [0.4, 0.5) is 5.69 Å². The molecule has 0 fully saturated rings. The highest BCUT2D eigenvalue weighted by Gasteiger charge is 2.09. The zero-order valence-electron chi connectivity index (χ0n) is 10.6. The summed E-state index contributed by atoms with van der Waals surface area (Å²) in [5.41, 5.74) is 6.03. The molecule has 1 aromatic carbocycles. The van der Waals surface area contributed by atoms with Gasteiger partial charge >= 0.3 is 0 Å². The number of aromatic amines is 1. The van der Waals surface area contributed by atoms with Crippen molar-refractivity contribution in [1.82, 2.24) is 9.97 Å². The predicted octanol–water partition coefficient (Wildman–Crippen LogP) is 3.03. The number of benzene rings is 1. The van der Waals surface area contributed by atoms with E-state index in [1.165, 1.54) is 6.07 Å². The van der Waals surface area contributed by atoms with Crippen molar-refractivity contribution in [1.29, 1.82) is 0 Å². The fourth-order valence-corrected chi connectivity index (χ4v) is 1.82. The molecule has 0 saturated heterocycles. The molecule has 0 aliphatic heterocycles. The van der Waals surface area contributed by atoms with Crippen LogP contribution in [-0.4, -0.2) is 9.97 Å². The van der Waals surface area contributed by atoms with Crippen LogP contribution in [0.3, 0.4) is 0 Å². The molecule has 0 spiro atoms. The van der Waals surface area contributed by atoms with E-state index in [4.69, 9.17) is 10.5 Å². The minimum Gasteiger partial charge on any atom is -0.437 e. The predicted molar refractivity (Wildman–Crippen MR) is 77.6 cm³/mol. The van der Waals surface area contributed by atoms with Gasteiger partial charge in [-0.05, 0) is 28.1 Å². The van der Waals surface area contributed by atoms with E-state index in [1.54, 1.807) is 18.2 Å². The SMILES string of the molecule is CC(C)c1nc(Oc2cc(N)ccc2Br)cc(=O)[nH]1. The number of hydrogen-bond donors (Lipinski definition) is 2. The molecule has 0 unspecified atom stereocenters. The van der Waals surface area contributed by atoms with Crippen LogP contribution in [0.1, 0.15) is 25.6 Å². The lowest BCUT2D eigenvalue weighted by atomic mass is 10.2. The van der Waals surface area contributed by atoms with E-state index in [2.05, 4.69) is 25.9 Å². The topological polar surface area (TPSA) is 81.0 Å². The summed E-state index contributed by atoms with van der Waals surface area (Å²) in [4.78, 5) is 18.5. The van der Waals surface area contributed by atoms with Crippen LogP contribution < -0.4 is 16.0 Å². The van der Waals surface area contributed by atoms with Gasteiger partial charge in [0.25, 0.3) is 5.56 Å². The summed E-state index contributed by atoms with van der Waals surface area (Å²) in [5.74, 6) is 1.47. The van der Waals surface area contributed by atoms with Crippen LogP contribution in [0.5, 0.6) is 11.6 Å². The monoisotopic (exact) mass is 323 g/mol. The van der Waals surface area contributed by atoms with Gasteiger partial charge in [0.2, 0.25) is 5.88 Å². The van der Waals surface area contributed by atoms with Gasteiger partial charge in [0.15, 0.2) is 0 Å². The maximum atomic E-state index is 11.5. The molecule has 0 bridgehead atoms. The first-order chi connectivity index (χ1) is 8.95. The first kappa shape index (κ1) is 13.6. The average Bonchev–Trinajstić information content (AvgIpc) is 2.33. The second-order valence-corrected chi connectivity index (χ2v) is 5.27. The quantitative estimate of drug-likeness (QED) is 0.851. The van der Waals surface area contributed by atoms with Gasteiger partial charge in [-0.3, -0.25) is 4.79 Å². The number of nitrogens with zero attached hydrogens (tertiary/aromatic N) is 1. The third-order valence-corrected chi connectivity index (χ3v) is 3.11. The Morgan fingerprint density at radius 1 is 1.37 bits per heavy atom. The Morgan fingerprint density at radius 3 is 2.79 bits per heavy atom. The molecule has 3 N–H and O–H groups in total. The van der Waals surface area contributed by atoms with E-state index in [0.717, 1.165) is 4.47 Å². The molecule has 1 heterocycles. The van der Waals surface area contributed by atoms with Gasteiger partial charge in [-0.25, -0.2) is 0 Å². The number of aromatic nitrogens is 2. The first-order valence-corrected chi connectivity index (χ1v) is 6.59. The highest BCUT2D eigenvalue weighted by Crippen LogP contribution is 2.30. The number of nitrogens with two attached hydrogens (primary N) is 1. The number of nitrogen functional groups attached to an aromatic ring is 1. The Bertz CT molecular complexity index is 653. The van der Waals surface area contributed by atoms with Gasteiger partial charge in [-0.1, -0.05) is 13.8 Å². The standard InChI is InChI=1S/C13H14BrN3O2/c1-7(2)13-16-11(18)6-12(17-13)19-10-5-8(15)3-4-9(10)14/h3-7H,15H2,1-2H3,(H,16,17,18). The average molecular weight is 324 g/mol. The summed E-state index contributed by atoms with van der Waals surface area (Å²) in [6.07, 6.45) is 0. The molecule has 0 saturated carbocycles. The molecule has 0 radical (unpaired) electrons. The number of nitrogens with one attached hydrogen (secondary N) is 1. The van der Waals surface area contributed by atoms with Gasteiger partial charge in [-0.2, -0.15) is 4.98 Å². The summed E-state index contributed by atoms with van der Waals surface area (Å²) < 4.78 is 6.35. The van der Waals surface area contributed by atoms with E-state index >= 15 is 0 Å². The summed E-state index contributed by atoms with van der Waals surface area (Å²) in [5, 5.41) is 0. The number of rotatable bonds is 3. The fraction of sp³-hybridized carbons (Fsp3) is 0.231. The van der Waals surface area contributed by atoms with E-state index in [-0.39, 0.29) is 17.4 Å². The van der Waals surface area contributed by atoms with Crippen molar-refractivity contribution in [3.8, 4) is 11.6 Å². The third kappa shape index (κ3) is 3.35. The van der Waals surface area contributed by atoms with Crippen molar-refractivity contribution in [2.45, 2.75) is 19.8 Å². The van der Waals surface area contributed by atoms with E-state index in [1.807, 2.05) is 13.8 Å². The van der Waals surface area contributed by atoms with E-state index in [9.17, 15) is 4.79 Å². The lowest BCUT2D eigenvalue weighted by molar-refractivity contribution is 0.453. The summed E-state index contributed by atoms with van der Waals surface area (Å²) in [7, 11) is 0. The van der Waals surface area contributed by atoms with Crippen LogP contribution in [0.25, 0.3) is 0 Å². The maximum absolute atomic E-state index is 11.5. The Morgan fingerprint density at radius 2 is 2.11 bits per heavy atom. The van der Waals surface area contributed by atoms with Gasteiger partial charge in [-0.15, -0.1) is 0 Å². The molecule has 0 amide bonds. The molecule has 0 aliphatic carbocycles. The first-order valence-electron chi connectivity index (χ1n) is 5.80. The van der Waals surface area contributed by atoms with Crippen LogP contribution in [0, 0.1) is 0 Å². The molecule has 0 atom stereocenters. The number of ether oxygens (including phenoxy) is 1. The molecule has 2 aromatic rings. The molecule has 2 rings (SSSR count). The van der Waals surface area contributed by atoms with Crippen molar-refractivity contribution >= 4 is 21.6 Å². The molecule has 5 nitrogen and oxygen atoms in total. The van der Waals surface area contributed by atoms with Gasteiger partial charge < -0.3 is 15.5 Å². The van der Waals surface area contributed by atoms with E-state index in [0.29, 0.717) is 17.3 Å². The Hall–Kier alpha value is -1.82. The molecule has 100 valence electrons. The number of halogens is 1. The van der Waals surface area contributed by atoms with Crippen molar-refractivity contribution in [2.24, 2.45) is 0 Å². The number of anilines is 1. The molecule has 19 heavy (non-hydrogen) atoms. The Kier molecular flexibility index (Phi) is 3.90. The molecule has 6 heteroatoms. The van der Waals surface area contributed by atoms with Crippen molar-refractivity contribution in [3.63, 3.8) is 0 Å². The van der Waals surface area contributed by atoms with Crippen LogP contribution >= 0.6 is 15.9 Å². The highest BCUT2D eigenvalue weighted by atomic mass is 79.9.